The molecule has 0 bridgehead atoms. The number of hydrogen-bond donors (Lipinski definition) is 1. The van der Waals surface area contributed by atoms with Crippen molar-refractivity contribution < 1.29 is 4.74 Å². The lowest BCUT2D eigenvalue weighted by molar-refractivity contribution is -0.0703. The van der Waals surface area contributed by atoms with Gasteiger partial charge >= 0.3 is 0 Å². The average molecular weight is 199 g/mol. The lowest BCUT2D eigenvalue weighted by Crippen LogP contribution is -2.55. The second-order valence-corrected chi connectivity index (χ2v) is 6.51. The molecular weight excluding hydrogens is 174 g/mol. The Kier molecular flexibility index (Phi) is 3.27. The van der Waals surface area contributed by atoms with Crippen LogP contribution in [0.25, 0.3) is 0 Å². The van der Waals surface area contributed by atoms with Crippen molar-refractivity contribution in [2.24, 2.45) is 10.8 Å². The minimum Gasteiger partial charge on any atom is -0.375 e. The summed E-state index contributed by atoms with van der Waals surface area (Å²) in [5.41, 5.74) is 0.540. The third-order valence-electron chi connectivity index (χ3n) is 3.03. The molecule has 1 aliphatic heterocycles. The minimum absolute atomic E-state index is 0.246. The Morgan fingerprint density at radius 2 is 1.57 bits per heavy atom. The summed E-state index contributed by atoms with van der Waals surface area (Å²) in [5.74, 6) is 0. The first-order valence-corrected chi connectivity index (χ1v) is 5.56. The topological polar surface area (TPSA) is 21.3 Å². The van der Waals surface area contributed by atoms with Crippen LogP contribution in [0.3, 0.4) is 0 Å². The van der Waals surface area contributed by atoms with Crippen LogP contribution in [-0.4, -0.2) is 25.3 Å². The van der Waals surface area contributed by atoms with Crippen molar-refractivity contribution in [2.75, 3.05) is 13.2 Å². The maximum absolute atomic E-state index is 5.92. The van der Waals surface area contributed by atoms with E-state index < -0.39 is 0 Å². The molecule has 1 aliphatic rings. The third kappa shape index (κ3) is 2.96. The number of hydrogen-bond acceptors (Lipinski definition) is 2. The first-order chi connectivity index (χ1) is 6.21. The van der Waals surface area contributed by atoms with Crippen molar-refractivity contribution in [3.63, 3.8) is 0 Å². The SMILES string of the molecule is CC(C)(C)C1COC(C(C)(C)C)CN1. The molecule has 84 valence electrons. The van der Waals surface area contributed by atoms with Gasteiger partial charge in [0.25, 0.3) is 0 Å². The molecule has 0 aromatic carbocycles. The Morgan fingerprint density at radius 3 is 1.86 bits per heavy atom. The van der Waals surface area contributed by atoms with Crippen molar-refractivity contribution in [3.8, 4) is 0 Å². The molecule has 1 rings (SSSR count). The van der Waals surface area contributed by atoms with Crippen LogP contribution in [0, 0.1) is 10.8 Å². The highest BCUT2D eigenvalue weighted by Crippen LogP contribution is 2.28. The van der Waals surface area contributed by atoms with E-state index in [-0.39, 0.29) is 5.41 Å². The summed E-state index contributed by atoms with van der Waals surface area (Å²) in [4.78, 5) is 0. The van der Waals surface area contributed by atoms with E-state index >= 15 is 0 Å². The summed E-state index contributed by atoms with van der Waals surface area (Å²) in [6.45, 7) is 15.3. The Bertz CT molecular complexity index is 157. The molecule has 1 fully saturated rings. The zero-order chi connectivity index (χ0) is 11.0. The van der Waals surface area contributed by atoms with E-state index in [0.29, 0.717) is 17.6 Å². The smallest absolute Gasteiger partial charge is 0.0748 e. The highest BCUT2D eigenvalue weighted by atomic mass is 16.5. The molecule has 0 aromatic rings. The fourth-order valence-electron chi connectivity index (χ4n) is 1.69. The quantitative estimate of drug-likeness (QED) is 0.647. The van der Waals surface area contributed by atoms with Gasteiger partial charge in [-0.05, 0) is 10.8 Å². The van der Waals surface area contributed by atoms with Crippen LogP contribution in [-0.2, 0) is 4.74 Å². The van der Waals surface area contributed by atoms with Gasteiger partial charge in [0.1, 0.15) is 0 Å². The monoisotopic (exact) mass is 199 g/mol. The average Bonchev–Trinajstić information content (AvgIpc) is 2.01. The maximum atomic E-state index is 5.92. The summed E-state index contributed by atoms with van der Waals surface area (Å²) in [6.07, 6.45) is 0.348. The predicted molar refractivity (Wildman–Crippen MR) is 60.4 cm³/mol. The molecule has 0 aliphatic carbocycles. The second-order valence-electron chi connectivity index (χ2n) is 6.51. The number of ether oxygens (including phenoxy) is 1. The number of rotatable bonds is 0. The van der Waals surface area contributed by atoms with E-state index in [1.54, 1.807) is 0 Å². The van der Waals surface area contributed by atoms with Gasteiger partial charge in [-0.15, -0.1) is 0 Å². The van der Waals surface area contributed by atoms with E-state index in [9.17, 15) is 0 Å². The van der Waals surface area contributed by atoms with Crippen molar-refractivity contribution in [2.45, 2.75) is 53.7 Å². The van der Waals surface area contributed by atoms with Gasteiger partial charge in [-0.1, -0.05) is 41.5 Å². The van der Waals surface area contributed by atoms with Gasteiger partial charge in [-0.2, -0.15) is 0 Å². The fraction of sp³-hybridized carbons (Fsp3) is 1.00. The van der Waals surface area contributed by atoms with Gasteiger partial charge in [-0.3, -0.25) is 0 Å². The molecule has 0 spiro atoms. The summed E-state index contributed by atoms with van der Waals surface area (Å²) in [5, 5.41) is 3.59. The number of nitrogens with one attached hydrogen (secondary N) is 1. The molecule has 1 saturated heterocycles. The molecule has 0 amide bonds. The van der Waals surface area contributed by atoms with Crippen LogP contribution in [0.15, 0.2) is 0 Å². The summed E-state index contributed by atoms with van der Waals surface area (Å²) >= 11 is 0. The van der Waals surface area contributed by atoms with Gasteiger partial charge in [0.2, 0.25) is 0 Å². The van der Waals surface area contributed by atoms with Gasteiger partial charge in [0, 0.05) is 12.6 Å². The van der Waals surface area contributed by atoms with E-state index in [0.717, 1.165) is 13.2 Å². The highest BCUT2D eigenvalue weighted by Gasteiger charge is 2.34. The fourth-order valence-corrected chi connectivity index (χ4v) is 1.69. The van der Waals surface area contributed by atoms with Crippen LogP contribution < -0.4 is 5.32 Å². The summed E-state index contributed by atoms with van der Waals surface area (Å²) in [6, 6.07) is 0.487. The Morgan fingerprint density at radius 1 is 1.00 bits per heavy atom. The van der Waals surface area contributed by atoms with Gasteiger partial charge < -0.3 is 10.1 Å². The molecule has 1 heterocycles. The predicted octanol–water partition coefficient (Wildman–Crippen LogP) is 2.44. The molecule has 1 N–H and O–H groups in total. The molecular formula is C12H25NO. The summed E-state index contributed by atoms with van der Waals surface area (Å²) < 4.78 is 5.92. The zero-order valence-corrected chi connectivity index (χ0v) is 10.5. The lowest BCUT2D eigenvalue weighted by atomic mass is 9.83. The molecule has 2 heteroatoms. The highest BCUT2D eigenvalue weighted by molar-refractivity contribution is 4.88. The molecule has 2 atom stereocenters. The van der Waals surface area contributed by atoms with Crippen molar-refractivity contribution >= 4 is 0 Å². The normalized spacial score (nSPS) is 30.4. The van der Waals surface area contributed by atoms with E-state index in [1.807, 2.05) is 0 Å². The van der Waals surface area contributed by atoms with Gasteiger partial charge in [-0.25, -0.2) is 0 Å². The van der Waals surface area contributed by atoms with Gasteiger partial charge in [0.05, 0.1) is 12.7 Å². The molecule has 0 radical (unpaired) electrons. The molecule has 2 unspecified atom stereocenters. The molecule has 14 heavy (non-hydrogen) atoms. The maximum Gasteiger partial charge on any atom is 0.0748 e. The molecule has 2 nitrogen and oxygen atoms in total. The first-order valence-electron chi connectivity index (χ1n) is 5.56. The van der Waals surface area contributed by atoms with Crippen molar-refractivity contribution in [1.82, 2.24) is 5.32 Å². The van der Waals surface area contributed by atoms with Crippen LogP contribution >= 0.6 is 0 Å². The van der Waals surface area contributed by atoms with Gasteiger partial charge in [0.15, 0.2) is 0 Å². The second kappa shape index (κ2) is 3.82. The first kappa shape index (κ1) is 12.0. The largest absolute Gasteiger partial charge is 0.375 e. The number of morpholine rings is 1. The van der Waals surface area contributed by atoms with Crippen LogP contribution in [0.2, 0.25) is 0 Å². The van der Waals surface area contributed by atoms with Crippen molar-refractivity contribution in [3.05, 3.63) is 0 Å². The van der Waals surface area contributed by atoms with Crippen LogP contribution in [0.5, 0.6) is 0 Å². The minimum atomic E-state index is 0.246. The standard InChI is InChI=1S/C12H25NO/c1-11(2,3)9-8-14-10(7-13-9)12(4,5)6/h9-10,13H,7-8H2,1-6H3. The van der Waals surface area contributed by atoms with E-state index in [4.69, 9.17) is 4.74 Å². The Labute approximate surface area is 88.4 Å². The van der Waals surface area contributed by atoms with E-state index in [1.165, 1.54) is 0 Å². The molecule has 0 saturated carbocycles. The van der Waals surface area contributed by atoms with Crippen molar-refractivity contribution in [1.29, 1.82) is 0 Å². The van der Waals surface area contributed by atoms with Crippen LogP contribution in [0.1, 0.15) is 41.5 Å². The Balaban J connectivity index is 2.47. The zero-order valence-electron chi connectivity index (χ0n) is 10.5. The van der Waals surface area contributed by atoms with Crippen LogP contribution in [0.4, 0.5) is 0 Å². The van der Waals surface area contributed by atoms with E-state index in [2.05, 4.69) is 46.9 Å². The summed E-state index contributed by atoms with van der Waals surface area (Å²) in [7, 11) is 0. The Hall–Kier alpha value is -0.0800. The lowest BCUT2D eigenvalue weighted by Gasteiger charge is -2.42. The third-order valence-corrected chi connectivity index (χ3v) is 3.03. The molecule has 0 aromatic heterocycles.